The van der Waals surface area contributed by atoms with E-state index in [1.165, 1.54) is 20.0 Å². The summed E-state index contributed by atoms with van der Waals surface area (Å²) in [5, 5.41) is 0.0846. The van der Waals surface area contributed by atoms with Crippen molar-refractivity contribution in [3.63, 3.8) is 0 Å². The zero-order valence-electron chi connectivity index (χ0n) is 23.1. The van der Waals surface area contributed by atoms with E-state index in [0.717, 1.165) is 38.5 Å². The van der Waals surface area contributed by atoms with E-state index in [-0.39, 0.29) is 29.0 Å². The van der Waals surface area contributed by atoms with Gasteiger partial charge in [-0.15, -0.1) is 6.58 Å². The smallest absolute Gasteiger partial charge is 0.311 e. The minimum atomic E-state index is -2.01. The lowest BCUT2D eigenvalue weighted by atomic mass is 9.94. The number of ether oxygens (including phenoxy) is 2. The zero-order chi connectivity index (χ0) is 25.7. The second-order valence-electron chi connectivity index (χ2n) is 11.7. The van der Waals surface area contributed by atoms with E-state index in [4.69, 9.17) is 13.9 Å². The first kappa shape index (κ1) is 31.9. The van der Waals surface area contributed by atoms with Gasteiger partial charge in [-0.2, -0.15) is 0 Å². The van der Waals surface area contributed by atoms with E-state index in [0.29, 0.717) is 13.0 Å². The number of hydrogen-bond donors (Lipinski definition) is 0. The van der Waals surface area contributed by atoms with Crippen molar-refractivity contribution >= 4 is 20.3 Å². The second kappa shape index (κ2) is 15.0. The molecule has 0 unspecified atom stereocenters. The van der Waals surface area contributed by atoms with Gasteiger partial charge in [0.05, 0.1) is 31.2 Å². The molecule has 0 aromatic heterocycles. The van der Waals surface area contributed by atoms with Crippen LogP contribution in [0.5, 0.6) is 0 Å². The number of allylic oxidation sites excluding steroid dienone is 1. The molecule has 0 radical (unpaired) electrons. The van der Waals surface area contributed by atoms with Crippen molar-refractivity contribution in [2.24, 2.45) is 11.3 Å². The third-order valence-electron chi connectivity index (χ3n) is 6.60. The standard InChI is InChI=1S/C27H52O5Si/c1-11-19-22(24(28)30-8)23(32-33(9,10)27(5,6)7)20-17-15-13-12-14-16-18-21-31-25(29)26(2,3)4/h11,22-23H,1,12-21H2,2-10H3/t22-,23-/m1/s1. The molecule has 0 aromatic rings. The molecule has 0 aliphatic carbocycles. The van der Waals surface area contributed by atoms with Crippen LogP contribution in [0.1, 0.15) is 99.3 Å². The highest BCUT2D eigenvalue weighted by Gasteiger charge is 2.41. The Kier molecular flexibility index (Phi) is 14.5. The number of carbonyl (C=O) groups excluding carboxylic acids is 2. The predicted octanol–water partition coefficient (Wildman–Crippen LogP) is 7.45. The van der Waals surface area contributed by atoms with Gasteiger partial charge >= 0.3 is 11.9 Å². The summed E-state index contributed by atoms with van der Waals surface area (Å²) < 4.78 is 17.1. The van der Waals surface area contributed by atoms with Crippen LogP contribution in [0.25, 0.3) is 0 Å². The molecule has 0 aliphatic heterocycles. The van der Waals surface area contributed by atoms with Crippen molar-refractivity contribution in [3.05, 3.63) is 12.7 Å². The van der Waals surface area contributed by atoms with Gasteiger partial charge in [0.1, 0.15) is 0 Å². The number of hydrogen-bond acceptors (Lipinski definition) is 5. The van der Waals surface area contributed by atoms with Crippen molar-refractivity contribution < 1.29 is 23.5 Å². The van der Waals surface area contributed by atoms with Crippen LogP contribution in [-0.2, 0) is 23.5 Å². The first-order valence-electron chi connectivity index (χ1n) is 12.7. The molecule has 5 nitrogen and oxygen atoms in total. The molecule has 0 N–H and O–H groups in total. The van der Waals surface area contributed by atoms with Crippen LogP contribution < -0.4 is 0 Å². The number of carbonyl (C=O) groups is 2. The minimum absolute atomic E-state index is 0.0846. The molecule has 2 atom stereocenters. The molecule has 0 bridgehead atoms. The van der Waals surface area contributed by atoms with Crippen LogP contribution in [0, 0.1) is 11.3 Å². The quantitative estimate of drug-likeness (QED) is 0.0985. The van der Waals surface area contributed by atoms with E-state index in [1.807, 2.05) is 20.8 Å². The van der Waals surface area contributed by atoms with Gasteiger partial charge in [-0.25, -0.2) is 0 Å². The Morgan fingerprint density at radius 1 is 0.909 bits per heavy atom. The Labute approximate surface area is 205 Å². The number of rotatable bonds is 16. The summed E-state index contributed by atoms with van der Waals surface area (Å²) in [7, 11) is -0.560. The molecule has 0 heterocycles. The van der Waals surface area contributed by atoms with Crippen molar-refractivity contribution in [2.75, 3.05) is 13.7 Å². The molecule has 0 aromatic carbocycles. The van der Waals surface area contributed by atoms with Gasteiger partial charge in [0, 0.05) is 0 Å². The highest BCUT2D eigenvalue weighted by atomic mass is 28.4. The van der Waals surface area contributed by atoms with Gasteiger partial charge < -0.3 is 13.9 Å². The highest BCUT2D eigenvalue weighted by Crippen LogP contribution is 2.39. The van der Waals surface area contributed by atoms with E-state index in [2.05, 4.69) is 40.4 Å². The van der Waals surface area contributed by atoms with Gasteiger partial charge in [0.25, 0.3) is 0 Å². The molecule has 194 valence electrons. The fraction of sp³-hybridized carbons (Fsp3) is 0.852. The molecule has 0 aliphatic rings. The number of esters is 2. The summed E-state index contributed by atoms with van der Waals surface area (Å²) in [5.41, 5.74) is -0.426. The van der Waals surface area contributed by atoms with E-state index >= 15 is 0 Å². The van der Waals surface area contributed by atoms with Crippen LogP contribution in [0.4, 0.5) is 0 Å². The van der Waals surface area contributed by atoms with Crippen LogP contribution in [0.3, 0.4) is 0 Å². The summed E-state index contributed by atoms with van der Waals surface area (Å²) in [4.78, 5) is 24.2. The second-order valence-corrected chi connectivity index (χ2v) is 16.5. The van der Waals surface area contributed by atoms with Crippen LogP contribution >= 0.6 is 0 Å². The predicted molar refractivity (Wildman–Crippen MR) is 140 cm³/mol. The SMILES string of the molecule is C=CC[C@@H](C(=O)OC)[C@@H](CCCCCCCCCOC(=O)C(C)(C)C)O[Si](C)(C)C(C)(C)C. The normalized spacial score (nSPS) is 14.5. The Hall–Kier alpha value is -1.14. The van der Waals surface area contributed by atoms with E-state index < -0.39 is 13.7 Å². The fourth-order valence-corrected chi connectivity index (χ4v) is 4.73. The average molecular weight is 485 g/mol. The average Bonchev–Trinajstić information content (AvgIpc) is 2.70. The van der Waals surface area contributed by atoms with Crippen LogP contribution in [0.2, 0.25) is 18.1 Å². The summed E-state index contributed by atoms with van der Waals surface area (Å²) in [6, 6.07) is 0. The van der Waals surface area contributed by atoms with Gasteiger partial charge in [-0.3, -0.25) is 9.59 Å². The topological polar surface area (TPSA) is 61.8 Å². The lowest BCUT2D eigenvalue weighted by Crippen LogP contribution is -2.47. The summed E-state index contributed by atoms with van der Waals surface area (Å²) >= 11 is 0. The van der Waals surface area contributed by atoms with Crippen molar-refractivity contribution in [3.8, 4) is 0 Å². The third kappa shape index (κ3) is 12.8. The lowest BCUT2D eigenvalue weighted by molar-refractivity contribution is -0.153. The molecule has 0 spiro atoms. The van der Waals surface area contributed by atoms with Crippen molar-refractivity contribution in [1.82, 2.24) is 0 Å². The van der Waals surface area contributed by atoms with Crippen LogP contribution in [-0.4, -0.2) is 40.1 Å². The molecule has 0 saturated heterocycles. The molecule has 0 amide bonds. The molecular formula is C27H52O5Si. The van der Waals surface area contributed by atoms with Gasteiger partial charge in [-0.1, -0.05) is 65.4 Å². The monoisotopic (exact) mass is 484 g/mol. The van der Waals surface area contributed by atoms with Crippen molar-refractivity contribution in [1.29, 1.82) is 0 Å². The maximum Gasteiger partial charge on any atom is 0.311 e. The maximum atomic E-state index is 12.5. The minimum Gasteiger partial charge on any atom is -0.469 e. The maximum absolute atomic E-state index is 12.5. The Balaban J connectivity index is 4.50. The number of methoxy groups -OCH3 is 1. The molecule has 0 saturated carbocycles. The highest BCUT2D eigenvalue weighted by molar-refractivity contribution is 6.74. The summed E-state index contributed by atoms with van der Waals surface area (Å²) in [5.74, 6) is -0.623. The first-order chi connectivity index (χ1) is 15.2. The summed E-state index contributed by atoms with van der Waals surface area (Å²) in [6.07, 6.45) is 10.8. The van der Waals surface area contributed by atoms with Gasteiger partial charge in [-0.05, 0) is 58.2 Å². The lowest BCUT2D eigenvalue weighted by Gasteiger charge is -2.41. The molecule has 0 rings (SSSR count). The summed E-state index contributed by atoms with van der Waals surface area (Å²) in [6.45, 7) is 21.1. The van der Waals surface area contributed by atoms with Crippen LogP contribution in [0.15, 0.2) is 12.7 Å². The Morgan fingerprint density at radius 3 is 1.88 bits per heavy atom. The molecule has 6 heteroatoms. The Bertz CT molecular complexity index is 586. The molecule has 0 fully saturated rings. The van der Waals surface area contributed by atoms with Crippen molar-refractivity contribution in [2.45, 2.75) is 124 Å². The zero-order valence-corrected chi connectivity index (χ0v) is 24.1. The van der Waals surface area contributed by atoms with Gasteiger partial charge in [0.15, 0.2) is 8.32 Å². The number of unbranched alkanes of at least 4 members (excludes halogenated alkanes) is 6. The fourth-order valence-electron chi connectivity index (χ4n) is 3.34. The third-order valence-corrected chi connectivity index (χ3v) is 11.1. The van der Waals surface area contributed by atoms with Gasteiger partial charge in [0.2, 0.25) is 0 Å². The first-order valence-corrected chi connectivity index (χ1v) is 15.6. The Morgan fingerprint density at radius 2 is 1.42 bits per heavy atom. The molecular weight excluding hydrogens is 432 g/mol. The molecule has 33 heavy (non-hydrogen) atoms. The van der Waals surface area contributed by atoms with E-state index in [9.17, 15) is 9.59 Å². The largest absolute Gasteiger partial charge is 0.469 e. The van der Waals surface area contributed by atoms with E-state index in [1.54, 1.807) is 6.08 Å².